The third kappa shape index (κ3) is 8.22. The van der Waals surface area contributed by atoms with Crippen LogP contribution in [-0.2, 0) is 21.4 Å². The second-order valence-corrected chi connectivity index (χ2v) is 19.7. The molecule has 2 aromatic carbocycles. The van der Waals surface area contributed by atoms with E-state index < -0.39 is 0 Å². The second kappa shape index (κ2) is 17.7. The Labute approximate surface area is 401 Å². The van der Waals surface area contributed by atoms with Gasteiger partial charge in [-0.15, -0.1) is 10.2 Å². The van der Waals surface area contributed by atoms with Gasteiger partial charge in [-0.3, -0.25) is 23.7 Å². The van der Waals surface area contributed by atoms with Gasteiger partial charge in [0, 0.05) is 112 Å². The quantitative estimate of drug-likeness (QED) is 0.150. The molecule has 1 aliphatic carbocycles. The number of methoxy groups -OCH3 is 1. The van der Waals surface area contributed by atoms with Crippen molar-refractivity contribution >= 4 is 57.2 Å². The number of nitrogens with one attached hydrogen (secondary N) is 2. The minimum Gasteiger partial charge on any atom is -0.494 e. The van der Waals surface area contributed by atoms with Gasteiger partial charge in [0.2, 0.25) is 11.8 Å². The van der Waals surface area contributed by atoms with Gasteiger partial charge in [0.25, 0.3) is 11.5 Å². The van der Waals surface area contributed by atoms with Gasteiger partial charge < -0.3 is 39.4 Å². The summed E-state index contributed by atoms with van der Waals surface area (Å²) in [6.45, 7) is 14.3. The number of aromatic nitrogens is 5. The average molecular weight is 933 g/mol. The molecule has 1 atom stereocenters. The van der Waals surface area contributed by atoms with Crippen LogP contribution in [0.2, 0.25) is 0 Å². The van der Waals surface area contributed by atoms with E-state index in [-0.39, 0.29) is 52.9 Å². The van der Waals surface area contributed by atoms with E-state index in [0.717, 1.165) is 53.4 Å². The van der Waals surface area contributed by atoms with Crippen molar-refractivity contribution in [3.8, 4) is 11.5 Å². The predicted octanol–water partition coefficient (Wildman–Crippen LogP) is 6.44. The number of aryl methyl sites for hydroxylation is 4. The van der Waals surface area contributed by atoms with Crippen molar-refractivity contribution in [2.75, 3.05) is 70.2 Å². The zero-order valence-electron chi connectivity index (χ0n) is 40.7. The Bertz CT molecular complexity index is 3090. The summed E-state index contributed by atoms with van der Waals surface area (Å²) in [6, 6.07) is 18.0. The number of likely N-dealkylation sites (N-methyl/N-ethyl adjacent to an activating group) is 1. The summed E-state index contributed by atoms with van der Waals surface area (Å²) in [4.78, 5) is 64.1. The van der Waals surface area contributed by atoms with Crippen LogP contribution in [0.1, 0.15) is 73.8 Å². The van der Waals surface area contributed by atoms with Gasteiger partial charge in [-0.1, -0.05) is 47.5 Å². The van der Waals surface area contributed by atoms with Crippen LogP contribution in [0.15, 0.2) is 82.2 Å². The van der Waals surface area contributed by atoms with Crippen LogP contribution in [0, 0.1) is 32.1 Å². The molecule has 2 N–H and O–H groups in total. The van der Waals surface area contributed by atoms with E-state index >= 15 is 0 Å². The number of hydrogen-bond donors (Lipinski definition) is 2. The van der Waals surface area contributed by atoms with Gasteiger partial charge in [0.15, 0.2) is 12.4 Å². The molecule has 0 bridgehead atoms. The van der Waals surface area contributed by atoms with Crippen molar-refractivity contribution in [1.29, 1.82) is 0 Å². The van der Waals surface area contributed by atoms with Gasteiger partial charge in [-0.05, 0) is 87.9 Å². The van der Waals surface area contributed by atoms with Crippen molar-refractivity contribution in [1.82, 2.24) is 39.4 Å². The molecule has 7 heterocycles. The minimum atomic E-state index is -0.382. The molecule has 16 heteroatoms. The topological polar surface area (TPSA) is 169 Å². The maximum absolute atomic E-state index is 14.1. The molecule has 0 radical (unpaired) electrons. The minimum absolute atomic E-state index is 0.0407. The van der Waals surface area contributed by atoms with Gasteiger partial charge in [0.1, 0.15) is 29.0 Å². The number of pyridine rings is 2. The highest BCUT2D eigenvalue weighted by Crippen LogP contribution is 2.48. The molecule has 16 nitrogen and oxygen atoms in total. The lowest BCUT2D eigenvalue weighted by Gasteiger charge is -2.60. The number of amides is 3. The summed E-state index contributed by atoms with van der Waals surface area (Å²) in [5, 5.41) is 15.8. The van der Waals surface area contributed by atoms with Gasteiger partial charge in [-0.2, -0.15) is 0 Å². The Morgan fingerprint density at radius 2 is 1.61 bits per heavy atom. The Balaban J connectivity index is 0.753. The number of anilines is 3. The Morgan fingerprint density at radius 1 is 0.884 bits per heavy atom. The third-order valence-corrected chi connectivity index (χ3v) is 15.0. The summed E-state index contributed by atoms with van der Waals surface area (Å²) >= 11 is 0. The first-order valence-corrected chi connectivity index (χ1v) is 23.9. The van der Waals surface area contributed by atoms with Crippen LogP contribution in [-0.4, -0.2) is 112 Å². The zero-order valence-corrected chi connectivity index (χ0v) is 40.7. The van der Waals surface area contributed by atoms with E-state index in [0.29, 0.717) is 73.8 Å². The molecule has 10 rings (SSSR count). The fraction of sp³-hybridized carbons (Fsp3) is 0.415. The number of carbonyl (C=O) groups is 3. The van der Waals surface area contributed by atoms with E-state index in [1.165, 1.54) is 39.6 Å². The lowest BCUT2D eigenvalue weighted by Crippen LogP contribution is -2.74. The smallest absolute Gasteiger partial charge is 0.293 e. The lowest BCUT2D eigenvalue weighted by molar-refractivity contribution is -0.171. The SMILES string of the molecule is CNC(=O)COc1cc2cc(Nc3nc(N4CCC(C(=O)N5CC6(CN(C(=O)CC7C=C(c8ccc(C)cc8)C8=C(CC(C)=C8C)n8c(C)nnc87)C6)C5)CC4)ccc3C)cc(OC)c2n(C)c1=O. The number of fused-ring (bicyclic) bond motifs is 3. The lowest BCUT2D eigenvalue weighted by atomic mass is 9.72. The molecule has 358 valence electrons. The number of carbonyl (C=O) groups excluding carboxylic acids is 3. The number of likely N-dealkylation sites (tertiary alicyclic amines) is 2. The molecule has 3 amide bonds. The molecular weight excluding hydrogens is 873 g/mol. The van der Waals surface area contributed by atoms with Crippen LogP contribution >= 0.6 is 0 Å². The molecule has 3 fully saturated rings. The number of benzene rings is 2. The first-order chi connectivity index (χ1) is 33.1. The predicted molar refractivity (Wildman–Crippen MR) is 266 cm³/mol. The molecule has 4 aliphatic heterocycles. The Kier molecular flexibility index (Phi) is 11.7. The maximum atomic E-state index is 14.1. The molecule has 0 saturated carbocycles. The summed E-state index contributed by atoms with van der Waals surface area (Å²) in [5.74, 6) is 3.35. The highest BCUT2D eigenvalue weighted by molar-refractivity contribution is 5.95. The zero-order chi connectivity index (χ0) is 48.5. The van der Waals surface area contributed by atoms with Crippen LogP contribution in [0.25, 0.3) is 22.2 Å². The molecule has 1 unspecified atom stereocenters. The fourth-order valence-electron chi connectivity index (χ4n) is 10.9. The monoisotopic (exact) mass is 932 g/mol. The van der Waals surface area contributed by atoms with Crippen LogP contribution in [0.5, 0.6) is 11.5 Å². The summed E-state index contributed by atoms with van der Waals surface area (Å²) in [5.41, 5.74) is 10.3. The van der Waals surface area contributed by atoms with Crippen molar-refractivity contribution in [2.24, 2.45) is 18.4 Å². The fourth-order valence-corrected chi connectivity index (χ4v) is 10.9. The summed E-state index contributed by atoms with van der Waals surface area (Å²) in [7, 11) is 4.70. The number of hydrogen-bond acceptors (Lipinski definition) is 11. The Hall–Kier alpha value is -7.23. The maximum Gasteiger partial charge on any atom is 0.293 e. The summed E-state index contributed by atoms with van der Waals surface area (Å²) < 4.78 is 14.9. The highest BCUT2D eigenvalue weighted by atomic mass is 16.5. The molecule has 1 spiro atoms. The molecule has 69 heavy (non-hydrogen) atoms. The molecule has 5 aliphatic rings. The van der Waals surface area contributed by atoms with Crippen LogP contribution in [0.4, 0.5) is 17.3 Å². The molecule has 3 aromatic heterocycles. The molecule has 3 saturated heterocycles. The van der Waals surface area contributed by atoms with Gasteiger partial charge in [0.05, 0.1) is 12.6 Å². The largest absolute Gasteiger partial charge is 0.494 e. The van der Waals surface area contributed by atoms with Crippen molar-refractivity contribution in [3.63, 3.8) is 0 Å². The van der Waals surface area contributed by atoms with Crippen molar-refractivity contribution in [2.45, 2.75) is 66.2 Å². The number of nitrogens with zero attached hydrogens (tertiary/aromatic N) is 8. The molecular formula is C53H60N10O6. The van der Waals surface area contributed by atoms with E-state index in [4.69, 9.17) is 14.5 Å². The average Bonchev–Trinajstić information content (AvgIpc) is 3.80. The number of piperidine rings is 1. The summed E-state index contributed by atoms with van der Waals surface area (Å²) in [6.07, 6.45) is 4.84. The van der Waals surface area contributed by atoms with Crippen LogP contribution in [0.3, 0.4) is 0 Å². The Morgan fingerprint density at radius 3 is 2.32 bits per heavy atom. The standard InChI is InChI=1S/C53H60N10O6/c1-30-9-12-35(13-10-30)40-21-38(50-58-57-34(5)63(50)41-19-32(3)33(4)47(40)41)23-46(65)61-26-53(27-61)28-62(29-53)51(66)36-15-17-60(18-16-36)44-14-11-31(2)49(56-44)55-39-20-37-22-43(69-25-45(64)54-6)52(67)59(7)48(37)42(24-39)68-8/h9-14,20-22,24,36,38H,15-19,23,25-29H2,1-8H3,(H,54,64)(H,55,56). The number of rotatable bonds is 11. The highest BCUT2D eigenvalue weighted by Gasteiger charge is 2.55. The normalized spacial score (nSPS) is 18.6. The van der Waals surface area contributed by atoms with E-state index in [1.807, 2.05) is 47.9 Å². The van der Waals surface area contributed by atoms with E-state index in [1.54, 1.807) is 20.2 Å². The van der Waals surface area contributed by atoms with Crippen molar-refractivity contribution < 1.29 is 23.9 Å². The van der Waals surface area contributed by atoms with Gasteiger partial charge in [-0.25, -0.2) is 4.98 Å². The van der Waals surface area contributed by atoms with E-state index in [9.17, 15) is 19.2 Å². The molecule has 5 aromatic rings. The van der Waals surface area contributed by atoms with Crippen LogP contribution < -0.4 is 30.6 Å². The first kappa shape index (κ1) is 45.5. The van der Waals surface area contributed by atoms with E-state index in [2.05, 4.69) is 81.4 Å². The first-order valence-electron chi connectivity index (χ1n) is 23.9. The number of ether oxygens (including phenoxy) is 2. The van der Waals surface area contributed by atoms with Gasteiger partial charge >= 0.3 is 0 Å². The van der Waals surface area contributed by atoms with Crippen molar-refractivity contribution in [3.05, 3.63) is 116 Å². The number of allylic oxidation sites excluding steroid dienone is 6. The third-order valence-electron chi connectivity index (χ3n) is 15.0. The second-order valence-electron chi connectivity index (χ2n) is 19.7.